The second-order valence-corrected chi connectivity index (χ2v) is 7.81. The molecule has 0 spiro atoms. The van der Waals surface area contributed by atoms with Crippen molar-refractivity contribution in [3.05, 3.63) is 0 Å². The van der Waals surface area contributed by atoms with Gasteiger partial charge in [0, 0.05) is 5.41 Å². The molecule has 2 rings (SSSR count). The summed E-state index contributed by atoms with van der Waals surface area (Å²) in [6.45, 7) is 11.4. The number of rotatable bonds is 6. The van der Waals surface area contributed by atoms with Crippen molar-refractivity contribution in [1.82, 2.24) is 0 Å². The van der Waals surface area contributed by atoms with E-state index in [1.54, 1.807) is 0 Å². The Kier molecular flexibility index (Phi) is 4.51. The first-order chi connectivity index (χ1) is 9.36. The highest BCUT2D eigenvalue weighted by atomic mass is 16.5. The van der Waals surface area contributed by atoms with Gasteiger partial charge in [-0.25, -0.2) is 0 Å². The third kappa shape index (κ3) is 2.40. The van der Waals surface area contributed by atoms with Gasteiger partial charge < -0.3 is 4.74 Å². The van der Waals surface area contributed by atoms with Crippen LogP contribution < -0.4 is 0 Å². The van der Waals surface area contributed by atoms with Crippen LogP contribution in [0, 0.1) is 22.7 Å². The average molecular weight is 280 g/mol. The Bertz CT molecular complexity index is 354. The van der Waals surface area contributed by atoms with E-state index in [1.165, 1.54) is 12.8 Å². The van der Waals surface area contributed by atoms with Crippen molar-refractivity contribution in [1.29, 1.82) is 0 Å². The van der Waals surface area contributed by atoms with Gasteiger partial charge in [0.1, 0.15) is 6.10 Å². The van der Waals surface area contributed by atoms with Crippen molar-refractivity contribution in [2.45, 2.75) is 85.7 Å². The van der Waals surface area contributed by atoms with E-state index in [0.717, 1.165) is 38.0 Å². The zero-order chi connectivity index (χ0) is 15.0. The summed E-state index contributed by atoms with van der Waals surface area (Å²) in [5, 5.41) is 0. The Balaban J connectivity index is 2.02. The molecule has 3 unspecified atom stereocenters. The molecule has 2 bridgehead atoms. The fourth-order valence-electron chi connectivity index (χ4n) is 4.62. The summed E-state index contributed by atoms with van der Waals surface area (Å²) in [5.74, 6) is 0.931. The first-order valence-electron chi connectivity index (χ1n) is 8.57. The predicted molar refractivity (Wildman–Crippen MR) is 82.4 cm³/mol. The van der Waals surface area contributed by atoms with Crippen LogP contribution >= 0.6 is 0 Å². The van der Waals surface area contributed by atoms with Gasteiger partial charge in [-0.2, -0.15) is 0 Å². The molecule has 20 heavy (non-hydrogen) atoms. The van der Waals surface area contributed by atoms with Gasteiger partial charge in [-0.3, -0.25) is 4.79 Å². The number of hydrogen-bond acceptors (Lipinski definition) is 2. The number of hydrogen-bond donors (Lipinski definition) is 0. The molecule has 2 saturated carbocycles. The molecule has 2 heteroatoms. The van der Waals surface area contributed by atoms with E-state index < -0.39 is 0 Å². The fourth-order valence-corrected chi connectivity index (χ4v) is 4.62. The summed E-state index contributed by atoms with van der Waals surface area (Å²) in [6, 6.07) is 0. The second-order valence-electron chi connectivity index (χ2n) is 7.81. The van der Waals surface area contributed by atoms with Crippen molar-refractivity contribution in [2.75, 3.05) is 0 Å². The summed E-state index contributed by atoms with van der Waals surface area (Å²) in [5.41, 5.74) is 0.513. The Labute approximate surface area is 124 Å². The molecule has 0 radical (unpaired) electrons. The number of esters is 1. The Morgan fingerprint density at radius 1 is 1.20 bits per heavy atom. The van der Waals surface area contributed by atoms with E-state index >= 15 is 0 Å². The van der Waals surface area contributed by atoms with Gasteiger partial charge >= 0.3 is 5.97 Å². The maximum absolute atomic E-state index is 12.5. The van der Waals surface area contributed by atoms with Crippen molar-refractivity contribution in [3.63, 3.8) is 0 Å². The number of carbonyl (C=O) groups excluding carboxylic acids is 1. The molecule has 3 atom stereocenters. The van der Waals surface area contributed by atoms with Crippen LogP contribution in [0.3, 0.4) is 0 Å². The monoisotopic (exact) mass is 280 g/mol. The molecule has 0 aromatic rings. The molecule has 0 heterocycles. The maximum Gasteiger partial charge on any atom is 0.309 e. The lowest BCUT2D eigenvalue weighted by Crippen LogP contribution is -2.39. The zero-order valence-electron chi connectivity index (χ0n) is 14.0. The lowest BCUT2D eigenvalue weighted by atomic mass is 9.70. The van der Waals surface area contributed by atoms with Gasteiger partial charge in [0.05, 0.1) is 5.92 Å². The van der Waals surface area contributed by atoms with Crippen LogP contribution in [0.4, 0.5) is 0 Å². The highest BCUT2D eigenvalue weighted by molar-refractivity contribution is 5.72. The van der Waals surface area contributed by atoms with E-state index in [-0.39, 0.29) is 23.4 Å². The second kappa shape index (κ2) is 5.69. The van der Waals surface area contributed by atoms with Crippen LogP contribution in [0.15, 0.2) is 0 Å². The van der Waals surface area contributed by atoms with Crippen LogP contribution in [0.1, 0.15) is 79.6 Å². The summed E-state index contributed by atoms with van der Waals surface area (Å²) in [4.78, 5) is 12.5. The normalized spacial score (nSPS) is 34.7. The molecular formula is C18H32O2. The fraction of sp³-hybridized carbons (Fsp3) is 0.944. The van der Waals surface area contributed by atoms with Crippen molar-refractivity contribution in [3.8, 4) is 0 Å². The first-order valence-corrected chi connectivity index (χ1v) is 8.57. The van der Waals surface area contributed by atoms with Crippen LogP contribution in [0.25, 0.3) is 0 Å². The quantitative estimate of drug-likeness (QED) is 0.643. The number of fused-ring (bicyclic) bond motifs is 2. The molecule has 0 amide bonds. The van der Waals surface area contributed by atoms with Gasteiger partial charge in [-0.15, -0.1) is 0 Å². The van der Waals surface area contributed by atoms with Gasteiger partial charge in [0.2, 0.25) is 0 Å². The Morgan fingerprint density at radius 3 is 2.20 bits per heavy atom. The zero-order valence-corrected chi connectivity index (χ0v) is 14.0. The molecule has 2 nitrogen and oxygen atoms in total. The van der Waals surface area contributed by atoms with Crippen LogP contribution in [0.5, 0.6) is 0 Å². The minimum atomic E-state index is 0.0725. The SMILES string of the molecule is CCCC(CCC)C(=O)OC1CC2CCC1(C)C2(C)C. The average Bonchev–Trinajstić information content (AvgIpc) is 2.71. The van der Waals surface area contributed by atoms with Crippen molar-refractivity contribution >= 4 is 5.97 Å². The molecule has 0 N–H and O–H groups in total. The Hall–Kier alpha value is -0.530. The summed E-state index contributed by atoms with van der Waals surface area (Å²) in [7, 11) is 0. The highest BCUT2D eigenvalue weighted by Crippen LogP contribution is 2.66. The van der Waals surface area contributed by atoms with E-state index in [4.69, 9.17) is 4.74 Å². The molecule has 2 aliphatic rings. The third-order valence-corrected chi connectivity index (χ3v) is 6.58. The van der Waals surface area contributed by atoms with Crippen LogP contribution in [-0.2, 0) is 9.53 Å². The minimum Gasteiger partial charge on any atom is -0.462 e. The van der Waals surface area contributed by atoms with Crippen molar-refractivity contribution < 1.29 is 9.53 Å². The molecule has 0 aromatic heterocycles. The lowest BCUT2D eigenvalue weighted by Gasteiger charge is -2.38. The topological polar surface area (TPSA) is 26.3 Å². The lowest BCUT2D eigenvalue weighted by molar-refractivity contribution is -0.162. The molecule has 116 valence electrons. The molecule has 0 saturated heterocycles. The predicted octanol–water partition coefficient (Wildman–Crippen LogP) is 4.96. The molecular weight excluding hydrogens is 248 g/mol. The van der Waals surface area contributed by atoms with E-state index in [2.05, 4.69) is 34.6 Å². The van der Waals surface area contributed by atoms with E-state index in [9.17, 15) is 4.79 Å². The molecule has 2 aliphatic carbocycles. The van der Waals surface area contributed by atoms with Crippen LogP contribution in [-0.4, -0.2) is 12.1 Å². The maximum atomic E-state index is 12.5. The van der Waals surface area contributed by atoms with Gasteiger partial charge in [0.25, 0.3) is 0 Å². The Morgan fingerprint density at radius 2 is 1.80 bits per heavy atom. The van der Waals surface area contributed by atoms with Crippen LogP contribution in [0.2, 0.25) is 0 Å². The highest BCUT2D eigenvalue weighted by Gasteiger charge is 2.62. The van der Waals surface area contributed by atoms with Gasteiger partial charge in [-0.1, -0.05) is 47.5 Å². The van der Waals surface area contributed by atoms with Gasteiger partial charge in [-0.05, 0) is 43.4 Å². The third-order valence-electron chi connectivity index (χ3n) is 6.58. The van der Waals surface area contributed by atoms with E-state index in [1.807, 2.05) is 0 Å². The standard InChI is InChI=1S/C18H32O2/c1-6-8-13(9-7-2)16(19)20-15-12-14-10-11-18(15,5)17(14,3)4/h13-15H,6-12H2,1-5H3. The molecule has 2 fully saturated rings. The number of ether oxygens (including phenoxy) is 1. The summed E-state index contributed by atoms with van der Waals surface area (Å²) in [6.07, 6.45) is 7.84. The minimum absolute atomic E-state index is 0.0725. The molecule has 0 aromatic carbocycles. The van der Waals surface area contributed by atoms with Gasteiger partial charge in [0.15, 0.2) is 0 Å². The van der Waals surface area contributed by atoms with Crippen molar-refractivity contribution in [2.24, 2.45) is 22.7 Å². The molecule has 0 aliphatic heterocycles. The summed E-state index contributed by atoms with van der Waals surface area (Å²) < 4.78 is 6.01. The summed E-state index contributed by atoms with van der Waals surface area (Å²) >= 11 is 0. The number of carbonyl (C=O) groups is 1. The largest absolute Gasteiger partial charge is 0.462 e. The van der Waals surface area contributed by atoms with E-state index in [0.29, 0.717) is 5.41 Å². The first kappa shape index (κ1) is 15.9. The smallest absolute Gasteiger partial charge is 0.309 e.